The van der Waals surface area contributed by atoms with E-state index >= 15 is 0 Å². The lowest BCUT2D eigenvalue weighted by molar-refractivity contribution is -0.140. The molecule has 0 radical (unpaired) electrons. The summed E-state index contributed by atoms with van der Waals surface area (Å²) in [6, 6.07) is 3.76. The van der Waals surface area contributed by atoms with E-state index in [4.69, 9.17) is 14.2 Å². The highest BCUT2D eigenvalue weighted by molar-refractivity contribution is 5.81. The fourth-order valence-corrected chi connectivity index (χ4v) is 3.78. The first kappa shape index (κ1) is 14.9. The molecule has 1 aromatic heterocycles. The topological polar surface area (TPSA) is 60.9 Å². The average Bonchev–Trinajstić information content (AvgIpc) is 3.31. The number of ether oxygens (including phenoxy) is 3. The molecule has 124 valence electrons. The van der Waals surface area contributed by atoms with E-state index in [-0.39, 0.29) is 23.7 Å². The van der Waals surface area contributed by atoms with Gasteiger partial charge in [-0.1, -0.05) is 0 Å². The fraction of sp³-hybridized carbons (Fsp3) is 0.647. The van der Waals surface area contributed by atoms with Gasteiger partial charge in [0.1, 0.15) is 18.0 Å². The third-order valence-electron chi connectivity index (χ3n) is 4.95. The van der Waals surface area contributed by atoms with Gasteiger partial charge < -0.3 is 19.1 Å². The number of aromatic nitrogens is 1. The van der Waals surface area contributed by atoms with Gasteiger partial charge in [0.15, 0.2) is 0 Å². The number of carbonyl (C=O) groups is 1. The number of carbonyl (C=O) groups excluding carboxylic acids is 1. The predicted octanol–water partition coefficient (Wildman–Crippen LogP) is 1.40. The molecule has 1 spiro atoms. The smallest absolute Gasteiger partial charge is 0.251 e. The van der Waals surface area contributed by atoms with Crippen LogP contribution in [-0.4, -0.2) is 59.9 Å². The van der Waals surface area contributed by atoms with Crippen LogP contribution in [0, 0.1) is 0 Å². The Labute approximate surface area is 135 Å². The molecule has 0 aromatic carbocycles. The molecule has 3 saturated heterocycles. The van der Waals surface area contributed by atoms with Crippen LogP contribution in [0.2, 0.25) is 0 Å². The summed E-state index contributed by atoms with van der Waals surface area (Å²) in [5, 5.41) is 0. The fourth-order valence-electron chi connectivity index (χ4n) is 3.78. The quantitative estimate of drug-likeness (QED) is 0.843. The summed E-state index contributed by atoms with van der Waals surface area (Å²) in [7, 11) is 0. The number of nitrogens with zero attached hydrogens (tertiary/aromatic N) is 2. The van der Waals surface area contributed by atoms with E-state index in [1.54, 1.807) is 12.4 Å². The zero-order chi connectivity index (χ0) is 15.7. The summed E-state index contributed by atoms with van der Waals surface area (Å²) in [5.41, 5.74) is -0.249. The van der Waals surface area contributed by atoms with Crippen molar-refractivity contribution >= 4 is 5.91 Å². The molecule has 3 fully saturated rings. The molecule has 4 rings (SSSR count). The molecular weight excluding hydrogens is 296 g/mol. The first-order chi connectivity index (χ1) is 11.2. The summed E-state index contributed by atoms with van der Waals surface area (Å²) >= 11 is 0. The predicted molar refractivity (Wildman–Crippen MR) is 82.1 cm³/mol. The van der Waals surface area contributed by atoms with E-state index in [2.05, 4.69) is 4.98 Å². The lowest BCUT2D eigenvalue weighted by Gasteiger charge is -2.24. The van der Waals surface area contributed by atoms with Gasteiger partial charge in [-0.3, -0.25) is 9.78 Å². The lowest BCUT2D eigenvalue weighted by Crippen LogP contribution is -2.40. The second-order valence-corrected chi connectivity index (χ2v) is 6.64. The van der Waals surface area contributed by atoms with Crippen molar-refractivity contribution in [3.05, 3.63) is 24.5 Å². The van der Waals surface area contributed by atoms with E-state index in [1.165, 1.54) is 0 Å². The molecule has 4 heterocycles. The Bertz CT molecular complexity index is 561. The zero-order valence-corrected chi connectivity index (χ0v) is 13.1. The minimum absolute atomic E-state index is 0.0250. The number of hydrogen-bond acceptors (Lipinski definition) is 5. The van der Waals surface area contributed by atoms with E-state index in [1.807, 2.05) is 17.0 Å². The maximum atomic E-state index is 12.5. The van der Waals surface area contributed by atoms with Crippen molar-refractivity contribution in [2.75, 3.05) is 26.3 Å². The van der Waals surface area contributed by atoms with Crippen molar-refractivity contribution in [3.8, 4) is 5.75 Å². The van der Waals surface area contributed by atoms with Gasteiger partial charge in [-0.25, -0.2) is 0 Å². The highest BCUT2D eigenvalue weighted by Gasteiger charge is 2.48. The van der Waals surface area contributed by atoms with Gasteiger partial charge in [-0.15, -0.1) is 0 Å². The first-order valence-electron chi connectivity index (χ1n) is 8.35. The summed E-state index contributed by atoms with van der Waals surface area (Å²) in [6.07, 6.45) is 6.74. The van der Waals surface area contributed by atoms with E-state index < -0.39 is 0 Å². The number of likely N-dealkylation sites (tertiary alicyclic amines) is 1. The van der Waals surface area contributed by atoms with E-state index in [0.29, 0.717) is 19.8 Å². The van der Waals surface area contributed by atoms with Crippen LogP contribution < -0.4 is 4.74 Å². The molecule has 0 bridgehead atoms. The van der Waals surface area contributed by atoms with Crippen molar-refractivity contribution in [1.29, 1.82) is 0 Å². The monoisotopic (exact) mass is 318 g/mol. The third kappa shape index (κ3) is 3.05. The van der Waals surface area contributed by atoms with Gasteiger partial charge in [0.2, 0.25) is 0 Å². The summed E-state index contributed by atoms with van der Waals surface area (Å²) in [5.74, 6) is 0.892. The summed E-state index contributed by atoms with van der Waals surface area (Å²) in [6.45, 7) is 2.67. The van der Waals surface area contributed by atoms with Crippen molar-refractivity contribution in [1.82, 2.24) is 9.88 Å². The van der Waals surface area contributed by atoms with Crippen LogP contribution in [0.5, 0.6) is 5.75 Å². The molecule has 3 aliphatic rings. The van der Waals surface area contributed by atoms with Crippen LogP contribution in [0.4, 0.5) is 0 Å². The van der Waals surface area contributed by atoms with Crippen molar-refractivity contribution in [2.24, 2.45) is 0 Å². The van der Waals surface area contributed by atoms with Crippen molar-refractivity contribution < 1.29 is 19.0 Å². The lowest BCUT2D eigenvalue weighted by atomic mass is 9.98. The molecule has 23 heavy (non-hydrogen) atoms. The number of hydrogen-bond donors (Lipinski definition) is 0. The zero-order valence-electron chi connectivity index (χ0n) is 13.1. The summed E-state index contributed by atoms with van der Waals surface area (Å²) in [4.78, 5) is 18.4. The Morgan fingerprint density at radius 3 is 3.22 bits per heavy atom. The summed E-state index contributed by atoms with van der Waals surface area (Å²) < 4.78 is 17.5. The number of amides is 1. The maximum Gasteiger partial charge on any atom is 0.251 e. The molecule has 0 saturated carbocycles. The molecule has 3 aliphatic heterocycles. The van der Waals surface area contributed by atoms with Gasteiger partial charge in [-0.2, -0.15) is 0 Å². The van der Waals surface area contributed by atoms with Crippen LogP contribution in [-0.2, 0) is 14.3 Å². The molecule has 0 N–H and O–H groups in total. The van der Waals surface area contributed by atoms with Crippen LogP contribution in [0.25, 0.3) is 0 Å². The molecular formula is C17H22N2O4. The van der Waals surface area contributed by atoms with Crippen molar-refractivity contribution in [2.45, 2.75) is 43.5 Å². The van der Waals surface area contributed by atoms with E-state index in [9.17, 15) is 4.79 Å². The van der Waals surface area contributed by atoms with Crippen LogP contribution >= 0.6 is 0 Å². The van der Waals surface area contributed by atoms with Crippen LogP contribution in [0.15, 0.2) is 24.5 Å². The largest absolute Gasteiger partial charge is 0.486 e. The number of rotatable bonds is 3. The molecule has 6 nitrogen and oxygen atoms in total. The van der Waals surface area contributed by atoms with Crippen molar-refractivity contribution in [3.63, 3.8) is 0 Å². The van der Waals surface area contributed by atoms with Gasteiger partial charge in [0, 0.05) is 32.3 Å². The molecule has 1 aromatic rings. The van der Waals surface area contributed by atoms with Crippen LogP contribution in [0.3, 0.4) is 0 Å². The minimum Gasteiger partial charge on any atom is -0.486 e. The van der Waals surface area contributed by atoms with Gasteiger partial charge in [-0.05, 0) is 31.4 Å². The van der Waals surface area contributed by atoms with Crippen LogP contribution in [0.1, 0.15) is 25.7 Å². The highest BCUT2D eigenvalue weighted by Crippen LogP contribution is 2.37. The second kappa shape index (κ2) is 6.09. The molecule has 1 amide bonds. The van der Waals surface area contributed by atoms with Gasteiger partial charge in [0.05, 0.1) is 18.4 Å². The first-order valence-corrected chi connectivity index (χ1v) is 8.35. The molecule has 6 heteroatoms. The Balaban J connectivity index is 1.34. The third-order valence-corrected chi connectivity index (χ3v) is 4.95. The minimum atomic E-state index is -0.249. The molecule has 0 aliphatic carbocycles. The maximum absolute atomic E-state index is 12.5. The highest BCUT2D eigenvalue weighted by atomic mass is 16.6. The SMILES string of the molecule is O=C([C@H]1CCCO1)N1CC[C@@]2(C[C@@H](Oc3cccnc3)CO2)C1. The Morgan fingerprint density at radius 1 is 1.48 bits per heavy atom. The normalized spacial score (nSPS) is 33.5. The Kier molecular flexibility index (Phi) is 3.95. The standard InChI is InChI=1S/C17H22N2O4/c20-16(15-4-2-8-21-15)19-7-5-17(12-19)9-14(11-22-17)23-13-3-1-6-18-10-13/h1,3,6,10,14-15H,2,4-5,7-9,11-12H2/t14-,15-,17-/m1/s1. The molecule has 3 atom stereocenters. The van der Waals surface area contributed by atoms with Gasteiger partial charge >= 0.3 is 0 Å². The van der Waals surface area contributed by atoms with Gasteiger partial charge in [0.25, 0.3) is 5.91 Å². The van der Waals surface area contributed by atoms with E-state index in [0.717, 1.165) is 38.0 Å². The average molecular weight is 318 g/mol. The Hall–Kier alpha value is -1.66. The molecule has 0 unspecified atom stereocenters. The second-order valence-electron chi connectivity index (χ2n) is 6.64. The Morgan fingerprint density at radius 2 is 2.43 bits per heavy atom. The number of pyridine rings is 1.